The van der Waals surface area contributed by atoms with Crippen LogP contribution in [0, 0.1) is 0 Å². The summed E-state index contributed by atoms with van der Waals surface area (Å²) in [6.45, 7) is 15.1. The summed E-state index contributed by atoms with van der Waals surface area (Å²) in [5, 5.41) is 61.5. The van der Waals surface area contributed by atoms with Crippen LogP contribution in [0.5, 0.6) is 17.2 Å². The Morgan fingerprint density at radius 1 is 0.567 bits per heavy atom. The van der Waals surface area contributed by atoms with E-state index in [1.54, 1.807) is 21.9 Å². The van der Waals surface area contributed by atoms with Crippen molar-refractivity contribution in [3.63, 3.8) is 0 Å². The first-order valence-corrected chi connectivity index (χ1v) is 32.2. The Bertz CT molecular complexity index is 3700. The third kappa shape index (κ3) is 11.2. The third-order valence-electron chi connectivity index (χ3n) is 21.9. The first-order valence-electron chi connectivity index (χ1n) is 31.8. The molecular weight excluding hydrogens is 1300 g/mol. The first kappa shape index (κ1) is 72.5. The average Bonchev–Trinajstić information content (AvgIpc) is 1.60. The van der Waals surface area contributed by atoms with Crippen LogP contribution in [0.2, 0.25) is 0 Å². The number of ether oxygens (including phenoxy) is 8. The quantitative estimate of drug-likeness (QED) is 0.0235. The maximum atomic E-state index is 13.2. The molecule has 0 radical (unpaired) electrons. The van der Waals surface area contributed by atoms with Crippen molar-refractivity contribution in [2.45, 2.75) is 166 Å². The molecular formula is C69H77ClN3NaO23. The number of hydrogen-bond acceptors (Lipinski definition) is 24. The molecule has 3 aromatic carbocycles. The van der Waals surface area contributed by atoms with Crippen LogP contribution in [-0.2, 0) is 103 Å². The Morgan fingerprint density at radius 2 is 0.938 bits per heavy atom. The van der Waals surface area contributed by atoms with Gasteiger partial charge in [0, 0.05) is 83.4 Å². The van der Waals surface area contributed by atoms with Crippen LogP contribution in [0.25, 0.3) is 0 Å². The van der Waals surface area contributed by atoms with Crippen molar-refractivity contribution in [1.29, 1.82) is 0 Å². The normalized spacial score (nSPS) is 30.9. The van der Waals surface area contributed by atoms with Crippen LogP contribution < -0.4 is 49.0 Å². The summed E-state index contributed by atoms with van der Waals surface area (Å²) in [5.41, 5.74) is 0.843. The average molecular weight is 1370 g/mol. The van der Waals surface area contributed by atoms with Crippen molar-refractivity contribution >= 4 is 59.2 Å². The van der Waals surface area contributed by atoms with Crippen molar-refractivity contribution in [3.05, 3.63) is 137 Å². The summed E-state index contributed by atoms with van der Waals surface area (Å²) in [6, 6.07) is 10.3. The van der Waals surface area contributed by atoms with Crippen LogP contribution in [0.3, 0.4) is 0 Å². The number of aliphatic hydroxyl groups excluding tert-OH is 3. The molecule has 3 saturated heterocycles. The second-order valence-corrected chi connectivity index (χ2v) is 26.1. The number of aliphatic hydroxyl groups is 5. The van der Waals surface area contributed by atoms with Gasteiger partial charge in [-0.3, -0.25) is 19.2 Å². The van der Waals surface area contributed by atoms with Crippen molar-refractivity contribution in [3.8, 4) is 17.2 Å². The maximum absolute atomic E-state index is 13.2. The number of likely N-dealkylation sites (N-methyl/N-ethyl adjacent to an activating group) is 1. The molecule has 5 N–H and O–H groups in total. The Labute approximate surface area is 585 Å². The number of benzene rings is 3. The zero-order chi connectivity index (χ0) is 68.9. The maximum Gasteiger partial charge on any atom is 1.00 e. The van der Waals surface area contributed by atoms with E-state index in [9.17, 15) is 59.1 Å². The number of amides is 2. The number of ketones is 3. The SMILES string of the molecule is C=CCOC(=O)Cl.C=CCOC(=O)N1CC[C@]23c4c5ccc(CO)c4O[C@H]2C(=O)CC[C@@]3(O)[C@H]1C5.C=CCOC(=O)O[C@@]12CCC(=O)[C@@H]3Oc4c(CO)ccc5c4[C@@]31CCN(C(=O)OCC=C)[C@@H]2C5.CN1CC[C@]23c4c5ccc(CO)c4O[C@H]2C(=O)CC[C@@]3(O)[C@H]1C5.O=CO[O-].[Na+]. The number of Topliss-reactive ketones (excluding diaryl/α,β-unsaturated/α-hetero) is 3. The molecule has 97 heavy (non-hydrogen) atoms. The molecule has 6 heterocycles. The molecule has 514 valence electrons. The fraction of sp³-hybridized carbons (Fsp3) is 0.507. The number of carbonyl (C=O) groups excluding carboxylic acids is 8. The zero-order valence-corrected chi connectivity index (χ0v) is 56.8. The zero-order valence-electron chi connectivity index (χ0n) is 54.0. The Balaban J connectivity index is 0.000000148. The molecule has 0 aromatic heterocycles. The largest absolute Gasteiger partial charge is 1.00 e. The number of rotatable bonds is 13. The van der Waals surface area contributed by atoms with E-state index in [0.29, 0.717) is 80.0 Å². The fourth-order valence-electron chi connectivity index (χ4n) is 18.2. The summed E-state index contributed by atoms with van der Waals surface area (Å²) in [7, 11) is 2.06. The molecule has 3 spiro atoms. The summed E-state index contributed by atoms with van der Waals surface area (Å²) >= 11 is 4.75. The second-order valence-electron chi connectivity index (χ2n) is 25.8. The van der Waals surface area contributed by atoms with Crippen LogP contribution in [0.15, 0.2) is 87.0 Å². The standard InChI is InChI=1S/C25H27NO8.C21H23NO6.C18H21NO4.C4H5ClO2.CH2O3.Na/c1-3-11-31-22(29)26-10-9-24-19-15-5-6-16(14-27)20(19)33-21(24)17(28)7-8-25(24,18(26)13-15)34-23(30)32-12-4-2;1-2-9-27-19(25)22-8-7-20-16-12-3-4-13(11-23)17(16)28-18(20)14(24)5-6-21(20,26)15(22)10-12;1-19-7-6-17-14-10-2-3-11(9-20)15(14)23-16(17)12(21)4-5-18(17,22)13(19)8-10;1-2-3-7-4(5)6;2-1-4-3;/h3-6,18,21,27H,1-2,7-14H2;2-4,15,18,23,26H,1,5-11H2;2-3,13,16,20,22H,4-9H2,1H3;2H,1,3H2;1,3H;/q;;;;;+1/p-1/t18-,21+,24+,25-;15-,18+,20+,21-;13-,16+,17+,18-;;;/m111.../s1. The molecule has 2 amide bonds. The minimum atomic E-state index is -1.27. The van der Waals surface area contributed by atoms with Crippen LogP contribution >= 0.6 is 11.6 Å². The molecule has 6 bridgehead atoms. The molecule has 12 atom stereocenters. The van der Waals surface area contributed by atoms with Crippen molar-refractivity contribution in [1.82, 2.24) is 14.7 Å². The molecule has 6 aliphatic heterocycles. The van der Waals surface area contributed by atoms with E-state index in [2.05, 4.69) is 47.9 Å². The van der Waals surface area contributed by atoms with Crippen molar-refractivity contribution in [2.75, 3.05) is 53.1 Å². The fourth-order valence-corrected chi connectivity index (χ4v) is 18.3. The van der Waals surface area contributed by atoms with E-state index in [1.807, 2.05) is 24.3 Å². The van der Waals surface area contributed by atoms with E-state index in [0.717, 1.165) is 58.3 Å². The van der Waals surface area contributed by atoms with Gasteiger partial charge in [-0.25, -0.2) is 19.2 Å². The van der Waals surface area contributed by atoms with Crippen molar-refractivity contribution < 1.29 is 141 Å². The number of likely N-dealkylation sites (tertiary alicyclic amines) is 3. The summed E-state index contributed by atoms with van der Waals surface area (Å²) in [4.78, 5) is 104. The first-order chi connectivity index (χ1) is 46.1. The molecule has 28 heteroatoms. The van der Waals surface area contributed by atoms with E-state index in [1.165, 1.54) is 24.3 Å². The number of halogens is 1. The van der Waals surface area contributed by atoms with Gasteiger partial charge < -0.3 is 88.3 Å². The molecule has 12 aliphatic rings. The molecule has 3 saturated carbocycles. The van der Waals surface area contributed by atoms with Crippen LogP contribution in [0.1, 0.15) is 108 Å². The minimum Gasteiger partial charge on any atom is -0.662 e. The monoisotopic (exact) mass is 1370 g/mol. The molecule has 6 fully saturated rings. The summed E-state index contributed by atoms with van der Waals surface area (Å²) in [6.07, 6.45) is 6.46. The van der Waals surface area contributed by atoms with E-state index in [-0.39, 0.29) is 131 Å². The predicted molar refractivity (Wildman–Crippen MR) is 333 cm³/mol. The molecule has 0 unspecified atom stereocenters. The van der Waals surface area contributed by atoms with Gasteiger partial charge in [0.15, 0.2) is 41.3 Å². The van der Waals surface area contributed by atoms with Gasteiger partial charge in [-0.1, -0.05) is 87.0 Å². The molecule has 26 nitrogen and oxygen atoms in total. The number of carbonyl (C=O) groups is 8. The number of piperidine rings is 3. The van der Waals surface area contributed by atoms with Gasteiger partial charge in [-0.05, 0) is 88.1 Å². The van der Waals surface area contributed by atoms with Gasteiger partial charge >= 0.3 is 53.3 Å². The van der Waals surface area contributed by atoms with Crippen molar-refractivity contribution in [2.24, 2.45) is 0 Å². The summed E-state index contributed by atoms with van der Waals surface area (Å²) in [5.74, 6) is 1.65. The van der Waals surface area contributed by atoms with E-state index in [4.69, 9.17) is 54.8 Å². The van der Waals surface area contributed by atoms with Gasteiger partial charge in [-0.2, -0.15) is 0 Å². The predicted octanol–water partition coefficient (Wildman–Crippen LogP) is 1.31. The van der Waals surface area contributed by atoms with E-state index < -0.39 is 87.2 Å². The smallest absolute Gasteiger partial charge is 0.662 e. The number of nitrogens with zero attached hydrogens (tertiary/aromatic N) is 3. The molecule has 15 rings (SSSR count). The molecule has 3 aromatic rings. The Morgan fingerprint density at radius 3 is 1.37 bits per heavy atom. The van der Waals surface area contributed by atoms with Gasteiger partial charge in [-0.15, -0.1) is 0 Å². The van der Waals surface area contributed by atoms with Gasteiger partial charge in [0.25, 0.3) is 6.47 Å². The Hall–Kier alpha value is -7.21. The van der Waals surface area contributed by atoms with Crippen LogP contribution in [-0.4, -0.2) is 194 Å². The van der Waals surface area contributed by atoms with E-state index >= 15 is 0 Å². The van der Waals surface area contributed by atoms with Gasteiger partial charge in [0.1, 0.15) is 43.7 Å². The Kier molecular flexibility index (Phi) is 21.4. The number of hydrogen-bond donors (Lipinski definition) is 5. The molecule has 6 aliphatic carbocycles. The summed E-state index contributed by atoms with van der Waals surface area (Å²) < 4.78 is 44.6. The van der Waals surface area contributed by atoms with Gasteiger partial charge in [0.05, 0.1) is 59.4 Å². The topological polar surface area (TPSA) is 354 Å². The minimum absolute atomic E-state index is 0. The second kappa shape index (κ2) is 28.6. The third-order valence-corrected chi connectivity index (χ3v) is 22.0. The van der Waals surface area contributed by atoms with Crippen LogP contribution in [0.4, 0.5) is 19.2 Å². The van der Waals surface area contributed by atoms with Gasteiger partial charge in [0.2, 0.25) is 0 Å².